The van der Waals surface area contributed by atoms with Gasteiger partial charge in [-0.05, 0) is 53.6 Å². The quantitative estimate of drug-likeness (QED) is 0.697. The molecule has 62 valence electrons. The maximum Gasteiger partial charge on any atom is 0.109 e. The number of benzene rings is 1. The molecule has 0 amide bonds. The predicted molar refractivity (Wildman–Crippen MR) is 59.6 cm³/mol. The minimum absolute atomic E-state index is 1.05. The van der Waals surface area contributed by atoms with Gasteiger partial charge in [-0.3, -0.25) is 0 Å². The van der Waals surface area contributed by atoms with E-state index in [0.29, 0.717) is 0 Å². The SMILES string of the molecule is Cc1cc(I)c(C)c2nsnc12. The Bertz CT molecular complexity index is 436. The molecule has 1 aromatic carbocycles. The van der Waals surface area contributed by atoms with Crippen LogP contribution in [0.3, 0.4) is 0 Å². The lowest BCUT2D eigenvalue weighted by molar-refractivity contribution is 1.39. The standard InChI is InChI=1S/C8H7IN2S/c1-4-3-6(9)5(2)8-7(4)10-12-11-8/h3H,1-2H3. The second kappa shape index (κ2) is 2.92. The number of fused-ring (bicyclic) bond motifs is 1. The maximum absolute atomic E-state index is 4.27. The third kappa shape index (κ3) is 1.13. The van der Waals surface area contributed by atoms with Crippen LogP contribution in [-0.2, 0) is 0 Å². The van der Waals surface area contributed by atoms with Gasteiger partial charge in [-0.25, -0.2) is 0 Å². The normalized spacial score (nSPS) is 10.9. The number of hydrogen-bond donors (Lipinski definition) is 0. The topological polar surface area (TPSA) is 25.8 Å². The van der Waals surface area contributed by atoms with Crippen molar-refractivity contribution >= 4 is 45.4 Å². The number of hydrogen-bond acceptors (Lipinski definition) is 3. The van der Waals surface area contributed by atoms with Crippen molar-refractivity contribution < 1.29 is 0 Å². The summed E-state index contributed by atoms with van der Waals surface area (Å²) in [6, 6.07) is 2.15. The number of nitrogens with zero attached hydrogens (tertiary/aromatic N) is 2. The van der Waals surface area contributed by atoms with Gasteiger partial charge in [-0.2, -0.15) is 8.75 Å². The van der Waals surface area contributed by atoms with Gasteiger partial charge in [-0.1, -0.05) is 0 Å². The van der Waals surface area contributed by atoms with Crippen LogP contribution in [-0.4, -0.2) is 8.75 Å². The fourth-order valence-electron chi connectivity index (χ4n) is 1.17. The molecule has 0 aliphatic carbocycles. The lowest BCUT2D eigenvalue weighted by Crippen LogP contribution is -1.86. The van der Waals surface area contributed by atoms with Crippen LogP contribution in [0.25, 0.3) is 11.0 Å². The minimum atomic E-state index is 1.05. The molecule has 0 aliphatic rings. The van der Waals surface area contributed by atoms with Crippen molar-refractivity contribution in [2.24, 2.45) is 0 Å². The predicted octanol–water partition coefficient (Wildman–Crippen LogP) is 2.91. The number of rotatable bonds is 0. The summed E-state index contributed by atoms with van der Waals surface area (Å²) in [6.07, 6.45) is 0. The van der Waals surface area contributed by atoms with E-state index in [-0.39, 0.29) is 0 Å². The van der Waals surface area contributed by atoms with E-state index in [4.69, 9.17) is 0 Å². The van der Waals surface area contributed by atoms with Gasteiger partial charge in [0.25, 0.3) is 0 Å². The van der Waals surface area contributed by atoms with Crippen molar-refractivity contribution in [3.63, 3.8) is 0 Å². The molecule has 0 aliphatic heterocycles. The molecule has 0 atom stereocenters. The summed E-state index contributed by atoms with van der Waals surface area (Å²) in [4.78, 5) is 0. The minimum Gasteiger partial charge on any atom is -0.173 e. The first-order valence-corrected chi connectivity index (χ1v) is 5.39. The molecule has 2 nitrogen and oxygen atoms in total. The van der Waals surface area contributed by atoms with Crippen LogP contribution < -0.4 is 0 Å². The second-order valence-electron chi connectivity index (χ2n) is 2.76. The first-order valence-electron chi connectivity index (χ1n) is 3.58. The van der Waals surface area contributed by atoms with Gasteiger partial charge < -0.3 is 0 Å². The molecule has 0 N–H and O–H groups in total. The van der Waals surface area contributed by atoms with Crippen LogP contribution in [0.2, 0.25) is 0 Å². The highest BCUT2D eigenvalue weighted by molar-refractivity contribution is 14.1. The molecule has 0 saturated heterocycles. The van der Waals surface area contributed by atoms with E-state index < -0.39 is 0 Å². The highest BCUT2D eigenvalue weighted by Crippen LogP contribution is 2.24. The summed E-state index contributed by atoms with van der Waals surface area (Å²) < 4.78 is 9.78. The zero-order valence-electron chi connectivity index (χ0n) is 6.76. The molecule has 0 unspecified atom stereocenters. The van der Waals surface area contributed by atoms with Crippen molar-refractivity contribution in [2.45, 2.75) is 13.8 Å². The first kappa shape index (κ1) is 8.37. The average Bonchev–Trinajstić information content (AvgIpc) is 2.48. The summed E-state index contributed by atoms with van der Waals surface area (Å²) in [7, 11) is 0. The van der Waals surface area contributed by atoms with Crippen molar-refractivity contribution in [1.29, 1.82) is 0 Å². The van der Waals surface area contributed by atoms with E-state index >= 15 is 0 Å². The van der Waals surface area contributed by atoms with Gasteiger partial charge in [0, 0.05) is 3.57 Å². The van der Waals surface area contributed by atoms with E-state index in [1.807, 2.05) is 0 Å². The van der Waals surface area contributed by atoms with Crippen LogP contribution in [0.4, 0.5) is 0 Å². The molecule has 4 heteroatoms. The molecule has 1 heterocycles. The second-order valence-corrected chi connectivity index (χ2v) is 4.45. The molecule has 0 saturated carbocycles. The Hall–Kier alpha value is -0.230. The molecule has 0 radical (unpaired) electrons. The Morgan fingerprint density at radius 3 is 2.67 bits per heavy atom. The van der Waals surface area contributed by atoms with E-state index in [0.717, 1.165) is 11.0 Å². The van der Waals surface area contributed by atoms with Gasteiger partial charge in [-0.15, -0.1) is 0 Å². The smallest absolute Gasteiger partial charge is 0.109 e. The first-order chi connectivity index (χ1) is 5.70. The molecule has 2 aromatic rings. The Balaban J connectivity index is 2.97. The number of aromatic nitrogens is 2. The fourth-order valence-corrected chi connectivity index (χ4v) is 2.55. The van der Waals surface area contributed by atoms with Gasteiger partial charge in [0.1, 0.15) is 11.0 Å². The number of aryl methyl sites for hydroxylation is 2. The van der Waals surface area contributed by atoms with Gasteiger partial charge in [0.15, 0.2) is 0 Å². The van der Waals surface area contributed by atoms with Gasteiger partial charge >= 0.3 is 0 Å². The van der Waals surface area contributed by atoms with Gasteiger partial charge in [0.2, 0.25) is 0 Å². The van der Waals surface area contributed by atoms with E-state index in [2.05, 4.69) is 51.3 Å². The highest BCUT2D eigenvalue weighted by atomic mass is 127. The van der Waals surface area contributed by atoms with Crippen LogP contribution in [0, 0.1) is 17.4 Å². The van der Waals surface area contributed by atoms with Gasteiger partial charge in [0.05, 0.1) is 11.7 Å². The van der Waals surface area contributed by atoms with E-state index in [1.54, 1.807) is 0 Å². The summed E-state index contributed by atoms with van der Waals surface area (Å²) >= 11 is 3.62. The lowest BCUT2D eigenvalue weighted by Gasteiger charge is -2.00. The van der Waals surface area contributed by atoms with Crippen molar-refractivity contribution in [2.75, 3.05) is 0 Å². The third-order valence-electron chi connectivity index (χ3n) is 1.92. The zero-order chi connectivity index (χ0) is 8.72. The van der Waals surface area contributed by atoms with Crippen LogP contribution >= 0.6 is 34.3 Å². The molecule has 12 heavy (non-hydrogen) atoms. The Morgan fingerprint density at radius 1 is 1.25 bits per heavy atom. The van der Waals surface area contributed by atoms with Crippen molar-refractivity contribution in [3.8, 4) is 0 Å². The van der Waals surface area contributed by atoms with E-state index in [1.165, 1.54) is 26.4 Å². The Kier molecular flexibility index (Phi) is 2.04. The van der Waals surface area contributed by atoms with E-state index in [9.17, 15) is 0 Å². The number of halogens is 1. The Labute approximate surface area is 88.5 Å². The lowest BCUT2D eigenvalue weighted by atomic mass is 10.1. The zero-order valence-corrected chi connectivity index (χ0v) is 9.73. The molecular weight excluding hydrogens is 283 g/mol. The average molecular weight is 290 g/mol. The summed E-state index contributed by atoms with van der Waals surface area (Å²) in [5.74, 6) is 0. The summed E-state index contributed by atoms with van der Waals surface area (Å²) in [5, 5.41) is 0. The monoisotopic (exact) mass is 290 g/mol. The summed E-state index contributed by atoms with van der Waals surface area (Å²) in [5.41, 5.74) is 4.57. The largest absolute Gasteiger partial charge is 0.173 e. The maximum atomic E-state index is 4.27. The third-order valence-corrected chi connectivity index (χ3v) is 3.57. The molecule has 1 aromatic heterocycles. The van der Waals surface area contributed by atoms with Crippen LogP contribution in [0.1, 0.15) is 11.1 Å². The molecule has 0 spiro atoms. The van der Waals surface area contributed by atoms with Crippen LogP contribution in [0.15, 0.2) is 6.07 Å². The Morgan fingerprint density at radius 2 is 1.92 bits per heavy atom. The summed E-state index contributed by atoms with van der Waals surface area (Å²) in [6.45, 7) is 4.16. The van der Waals surface area contributed by atoms with Crippen molar-refractivity contribution in [3.05, 3.63) is 20.8 Å². The molecule has 0 fully saturated rings. The highest BCUT2D eigenvalue weighted by Gasteiger charge is 2.07. The molecule has 0 bridgehead atoms. The molecule has 2 rings (SSSR count). The fraction of sp³-hybridized carbons (Fsp3) is 0.250. The van der Waals surface area contributed by atoms with Crippen LogP contribution in [0.5, 0.6) is 0 Å². The van der Waals surface area contributed by atoms with Crippen molar-refractivity contribution in [1.82, 2.24) is 8.75 Å². The molecular formula is C8H7IN2S.